The van der Waals surface area contributed by atoms with E-state index in [-0.39, 0.29) is 10.8 Å². The lowest BCUT2D eigenvalue weighted by molar-refractivity contribution is -0.116. The van der Waals surface area contributed by atoms with E-state index in [2.05, 4.69) is 44.0 Å². The molecule has 146 valence electrons. The smallest absolute Gasteiger partial charge is 0.155 e. The number of allylic oxidation sites excluding steroid dienone is 6. The Morgan fingerprint density at radius 3 is 2.79 bits per heavy atom. The summed E-state index contributed by atoms with van der Waals surface area (Å²) in [5, 5.41) is 0. The molecule has 0 aromatic carbocycles. The molecule has 0 bridgehead atoms. The van der Waals surface area contributed by atoms with Crippen LogP contribution in [-0.2, 0) is 4.79 Å². The second-order valence-electron chi connectivity index (χ2n) is 9.85. The summed E-state index contributed by atoms with van der Waals surface area (Å²) in [5.41, 5.74) is 6.20. The molecule has 0 aliphatic heterocycles. The van der Waals surface area contributed by atoms with E-state index in [0.717, 1.165) is 19.3 Å². The van der Waals surface area contributed by atoms with E-state index in [1.54, 1.807) is 5.57 Å². The Labute approximate surface area is 168 Å². The molecule has 1 heterocycles. The van der Waals surface area contributed by atoms with Gasteiger partial charge in [0.05, 0.1) is 0 Å². The van der Waals surface area contributed by atoms with Gasteiger partial charge in [0.1, 0.15) is 0 Å². The van der Waals surface area contributed by atoms with Crippen molar-refractivity contribution in [1.29, 1.82) is 0 Å². The third-order valence-electron chi connectivity index (χ3n) is 8.63. The van der Waals surface area contributed by atoms with E-state index in [4.69, 9.17) is 0 Å². The van der Waals surface area contributed by atoms with Crippen LogP contribution in [0.3, 0.4) is 0 Å². The van der Waals surface area contributed by atoms with Crippen molar-refractivity contribution in [2.75, 3.05) is 0 Å². The van der Waals surface area contributed by atoms with Gasteiger partial charge in [-0.3, -0.25) is 9.78 Å². The molecule has 1 aromatic rings. The Morgan fingerprint density at radius 1 is 1.18 bits per heavy atom. The van der Waals surface area contributed by atoms with Crippen LogP contribution in [0.25, 0.3) is 5.57 Å². The summed E-state index contributed by atoms with van der Waals surface area (Å²) in [4.78, 5) is 16.6. The van der Waals surface area contributed by atoms with Gasteiger partial charge in [-0.1, -0.05) is 50.1 Å². The molecule has 0 saturated heterocycles. The van der Waals surface area contributed by atoms with Crippen molar-refractivity contribution >= 4 is 11.4 Å². The lowest BCUT2D eigenvalue weighted by Crippen LogP contribution is -2.49. The number of fused-ring (bicyclic) bond motifs is 5. The zero-order valence-electron chi connectivity index (χ0n) is 17.4. The number of carbonyl (C=O) groups is 1. The maximum absolute atomic E-state index is 12.2. The van der Waals surface area contributed by atoms with Crippen molar-refractivity contribution in [3.63, 3.8) is 0 Å². The van der Waals surface area contributed by atoms with Crippen LogP contribution in [0.15, 0.2) is 53.9 Å². The summed E-state index contributed by atoms with van der Waals surface area (Å²) in [5.74, 6) is 2.23. The van der Waals surface area contributed by atoms with Crippen molar-refractivity contribution < 1.29 is 4.79 Å². The Morgan fingerprint density at radius 2 is 2.04 bits per heavy atom. The van der Waals surface area contributed by atoms with E-state index in [1.807, 2.05) is 24.5 Å². The zero-order valence-corrected chi connectivity index (χ0v) is 17.4. The molecular formula is C26H31NO. The molecule has 1 aromatic heterocycles. The van der Waals surface area contributed by atoms with Crippen molar-refractivity contribution in [2.24, 2.45) is 28.6 Å². The van der Waals surface area contributed by atoms with E-state index in [1.165, 1.54) is 36.0 Å². The molecule has 2 nitrogen and oxygen atoms in total. The van der Waals surface area contributed by atoms with E-state index < -0.39 is 0 Å². The van der Waals surface area contributed by atoms with Gasteiger partial charge in [-0.2, -0.15) is 0 Å². The molecule has 0 radical (unpaired) electrons. The summed E-state index contributed by atoms with van der Waals surface area (Å²) < 4.78 is 0. The fourth-order valence-electron chi connectivity index (χ4n) is 7.10. The predicted octanol–water partition coefficient (Wildman–Crippen LogP) is 6.16. The highest BCUT2D eigenvalue weighted by Crippen LogP contribution is 2.66. The largest absolute Gasteiger partial charge is 0.295 e. The van der Waals surface area contributed by atoms with Crippen molar-refractivity contribution in [3.05, 3.63) is 59.5 Å². The summed E-state index contributed by atoms with van der Waals surface area (Å²) in [6, 6.07) is 4.26. The quantitative estimate of drug-likeness (QED) is 0.621. The molecule has 2 fully saturated rings. The van der Waals surface area contributed by atoms with Crippen LogP contribution in [0.5, 0.6) is 0 Å². The number of rotatable bonds is 2. The van der Waals surface area contributed by atoms with Crippen LogP contribution in [0.1, 0.15) is 64.9 Å². The first kappa shape index (κ1) is 18.1. The number of ketones is 1. The van der Waals surface area contributed by atoms with Gasteiger partial charge in [-0.15, -0.1) is 0 Å². The summed E-state index contributed by atoms with van der Waals surface area (Å²) in [7, 11) is 0. The molecular weight excluding hydrogens is 342 g/mol. The molecule has 5 atom stereocenters. The van der Waals surface area contributed by atoms with Gasteiger partial charge in [-0.05, 0) is 78.6 Å². The minimum atomic E-state index is 0.143. The highest BCUT2D eigenvalue weighted by Gasteiger charge is 2.56. The van der Waals surface area contributed by atoms with Crippen LogP contribution in [0, 0.1) is 28.6 Å². The highest BCUT2D eigenvalue weighted by atomic mass is 16.1. The van der Waals surface area contributed by atoms with E-state index in [0.29, 0.717) is 23.5 Å². The Kier molecular flexibility index (Phi) is 4.05. The number of aromatic nitrogens is 1. The molecule has 4 aliphatic rings. The van der Waals surface area contributed by atoms with Crippen LogP contribution >= 0.6 is 0 Å². The first-order valence-corrected chi connectivity index (χ1v) is 11.1. The van der Waals surface area contributed by atoms with E-state index in [9.17, 15) is 4.79 Å². The fourth-order valence-corrected chi connectivity index (χ4v) is 7.10. The normalized spacial score (nSPS) is 39.3. The minimum Gasteiger partial charge on any atom is -0.295 e. The van der Waals surface area contributed by atoms with E-state index >= 15 is 0 Å². The minimum absolute atomic E-state index is 0.143. The van der Waals surface area contributed by atoms with Crippen LogP contribution in [0.2, 0.25) is 0 Å². The Hall–Kier alpha value is -1.96. The maximum Gasteiger partial charge on any atom is 0.155 e. The topological polar surface area (TPSA) is 30.0 Å². The SMILES string of the molecule is CCC1CC2C3=CC=C(c4cccnc4)[C@@]3(C)CCC2[C@@]2(C)CCC(=O)C=C12. The third kappa shape index (κ3) is 2.39. The number of pyridine rings is 1. The van der Waals surface area contributed by atoms with Gasteiger partial charge in [0, 0.05) is 24.2 Å². The monoisotopic (exact) mass is 373 g/mol. The molecule has 0 N–H and O–H groups in total. The number of carbonyl (C=O) groups excluding carboxylic acids is 1. The van der Waals surface area contributed by atoms with Crippen molar-refractivity contribution in [3.8, 4) is 0 Å². The summed E-state index contributed by atoms with van der Waals surface area (Å²) in [6.07, 6.45) is 17.3. The van der Waals surface area contributed by atoms with Crippen LogP contribution < -0.4 is 0 Å². The average molecular weight is 374 g/mol. The van der Waals surface area contributed by atoms with Gasteiger partial charge in [0.15, 0.2) is 5.78 Å². The van der Waals surface area contributed by atoms with Gasteiger partial charge in [0.25, 0.3) is 0 Å². The Balaban J connectivity index is 1.53. The number of nitrogens with zero attached hydrogens (tertiary/aromatic N) is 1. The van der Waals surface area contributed by atoms with Crippen LogP contribution in [-0.4, -0.2) is 10.8 Å². The second-order valence-corrected chi connectivity index (χ2v) is 9.85. The maximum atomic E-state index is 12.2. The summed E-state index contributed by atoms with van der Waals surface area (Å²) >= 11 is 0. The first-order valence-electron chi connectivity index (χ1n) is 11.1. The molecule has 0 amide bonds. The molecule has 2 heteroatoms. The molecule has 2 saturated carbocycles. The standard InChI is InChI=1S/C26H31NO/c1-4-17-14-20-22-8-7-21(18-6-5-13-27-16-18)25(22,2)12-10-23(20)26(3)11-9-19(28)15-24(17)26/h5-8,13,15-17,20,23H,4,9-12,14H2,1-3H3/t17?,20?,23?,25-,26-/m1/s1. The molecule has 28 heavy (non-hydrogen) atoms. The van der Waals surface area contributed by atoms with Gasteiger partial charge in [0.2, 0.25) is 0 Å². The Bertz CT molecular complexity index is 908. The highest BCUT2D eigenvalue weighted by molar-refractivity contribution is 5.91. The summed E-state index contributed by atoms with van der Waals surface area (Å²) in [6.45, 7) is 7.23. The molecule has 4 aliphatic carbocycles. The van der Waals surface area contributed by atoms with Crippen LogP contribution in [0.4, 0.5) is 0 Å². The first-order chi connectivity index (χ1) is 13.5. The average Bonchev–Trinajstić information content (AvgIpc) is 3.06. The van der Waals surface area contributed by atoms with Gasteiger partial charge in [-0.25, -0.2) is 0 Å². The fraction of sp³-hybridized carbons (Fsp3) is 0.538. The van der Waals surface area contributed by atoms with Gasteiger partial charge >= 0.3 is 0 Å². The molecule has 5 rings (SSSR count). The molecule has 0 spiro atoms. The molecule has 3 unspecified atom stereocenters. The zero-order chi connectivity index (χ0) is 19.5. The van der Waals surface area contributed by atoms with Crippen molar-refractivity contribution in [1.82, 2.24) is 4.98 Å². The van der Waals surface area contributed by atoms with Gasteiger partial charge < -0.3 is 0 Å². The van der Waals surface area contributed by atoms with Crippen molar-refractivity contribution in [2.45, 2.75) is 59.3 Å². The number of hydrogen-bond acceptors (Lipinski definition) is 2. The third-order valence-corrected chi connectivity index (χ3v) is 8.63. The predicted molar refractivity (Wildman–Crippen MR) is 113 cm³/mol. The lowest BCUT2D eigenvalue weighted by atomic mass is 9.46. The number of hydrogen-bond donors (Lipinski definition) is 0. The lowest BCUT2D eigenvalue weighted by Gasteiger charge is -2.58. The second kappa shape index (κ2) is 6.27.